The molecule has 1 unspecified atom stereocenters. The minimum absolute atomic E-state index is 0.0519. The van der Waals surface area contributed by atoms with Crippen LogP contribution in [0.3, 0.4) is 0 Å². The number of ether oxygens (including phenoxy) is 2. The molecule has 0 saturated heterocycles. The number of hydrogen-bond acceptors (Lipinski definition) is 5. The van der Waals surface area contributed by atoms with Gasteiger partial charge in [0.25, 0.3) is 0 Å². The summed E-state index contributed by atoms with van der Waals surface area (Å²) in [6.45, 7) is 10.3. The van der Waals surface area contributed by atoms with Crippen LogP contribution in [0.25, 0.3) is 0 Å². The largest absolute Gasteiger partial charge is 0.496 e. The van der Waals surface area contributed by atoms with Crippen molar-refractivity contribution in [2.75, 3.05) is 14.2 Å². The molecule has 2 aromatic rings. The number of hydrogen-bond donors (Lipinski definition) is 0. The van der Waals surface area contributed by atoms with Crippen molar-refractivity contribution in [3.8, 4) is 11.5 Å². The monoisotopic (exact) mass is 469 g/mol. The van der Waals surface area contributed by atoms with Crippen molar-refractivity contribution >= 4 is 19.1 Å². The third-order valence-corrected chi connectivity index (χ3v) is 8.71. The Bertz CT molecular complexity index is 1060. The van der Waals surface area contributed by atoms with Crippen molar-refractivity contribution in [2.24, 2.45) is 0 Å². The van der Waals surface area contributed by atoms with Crippen LogP contribution in [0.4, 0.5) is 0 Å². The molecule has 0 aromatic heterocycles. The van der Waals surface area contributed by atoms with Gasteiger partial charge in [-0.3, -0.25) is 14.2 Å². The van der Waals surface area contributed by atoms with E-state index >= 15 is 0 Å². The van der Waals surface area contributed by atoms with Crippen molar-refractivity contribution in [2.45, 2.75) is 70.9 Å². The summed E-state index contributed by atoms with van der Waals surface area (Å²) in [5.74, 6) is 0.411. The van der Waals surface area contributed by atoms with Crippen molar-refractivity contribution in [3.05, 3.63) is 58.1 Å². The molecule has 1 saturated carbocycles. The number of benzene rings is 2. The Morgan fingerprint density at radius 2 is 1.39 bits per heavy atom. The highest BCUT2D eigenvalue weighted by atomic mass is 31.1. The second-order valence-corrected chi connectivity index (χ2v) is 11.8. The topological polar surface area (TPSA) is 69.7 Å². The van der Waals surface area contributed by atoms with Crippen LogP contribution >= 0.6 is 7.80 Å². The second-order valence-electron chi connectivity index (χ2n) is 9.94. The molecule has 0 amide bonds. The van der Waals surface area contributed by atoms with Gasteiger partial charge in [0.1, 0.15) is 22.2 Å². The highest BCUT2D eigenvalue weighted by Gasteiger charge is 2.51. The summed E-state index contributed by atoms with van der Waals surface area (Å²) in [7, 11) is 0.350. The first kappa shape index (κ1) is 25.1. The van der Waals surface area contributed by atoms with Crippen LogP contribution < -0.4 is 9.47 Å². The molecule has 0 spiro atoms. The molecular formula is C27H34O5P. The van der Waals surface area contributed by atoms with Crippen molar-refractivity contribution < 1.29 is 23.6 Å². The number of aryl methyl sites for hydroxylation is 2. The van der Waals surface area contributed by atoms with Crippen molar-refractivity contribution in [3.63, 3.8) is 0 Å². The van der Waals surface area contributed by atoms with Gasteiger partial charge >= 0.3 is 0 Å². The molecule has 1 aliphatic rings. The summed E-state index contributed by atoms with van der Waals surface area (Å²) < 4.78 is 24.7. The Kier molecular flexibility index (Phi) is 7.14. The SMILES string of the molecule is COc1cccc(OC)c1C(=O)[P](=O)C1(C(=O)c2c(C)cc(C(C)(C)C)cc2C)CCCC1. The lowest BCUT2D eigenvalue weighted by Gasteiger charge is -2.28. The molecular weight excluding hydrogens is 435 g/mol. The van der Waals surface area contributed by atoms with Crippen LogP contribution in [0.15, 0.2) is 30.3 Å². The van der Waals surface area contributed by atoms with E-state index in [-0.39, 0.29) is 16.8 Å². The summed E-state index contributed by atoms with van der Waals surface area (Å²) in [6.07, 6.45) is 2.40. The summed E-state index contributed by atoms with van der Waals surface area (Å²) in [6, 6.07) is 9.08. The van der Waals surface area contributed by atoms with E-state index in [2.05, 4.69) is 20.8 Å². The van der Waals surface area contributed by atoms with E-state index in [1.807, 2.05) is 26.0 Å². The predicted molar refractivity (Wildman–Crippen MR) is 132 cm³/mol. The van der Waals surface area contributed by atoms with E-state index in [1.54, 1.807) is 18.2 Å². The summed E-state index contributed by atoms with van der Waals surface area (Å²) in [5, 5.41) is -1.21. The molecule has 177 valence electrons. The first-order valence-electron chi connectivity index (χ1n) is 11.4. The Hall–Kier alpha value is -2.52. The maximum Gasteiger partial charge on any atom is 0.250 e. The van der Waals surface area contributed by atoms with Gasteiger partial charge in [-0.1, -0.05) is 51.8 Å². The number of carbonyl (C=O) groups excluding carboxylic acids is 2. The number of carbonyl (C=O) groups is 2. The average Bonchev–Trinajstić information content (AvgIpc) is 3.27. The zero-order valence-electron chi connectivity index (χ0n) is 20.7. The van der Waals surface area contributed by atoms with E-state index in [9.17, 15) is 14.2 Å². The highest BCUT2D eigenvalue weighted by Crippen LogP contribution is 2.55. The molecule has 1 fully saturated rings. The highest BCUT2D eigenvalue weighted by molar-refractivity contribution is 7.67. The number of rotatable bonds is 7. The van der Waals surface area contributed by atoms with Crippen LogP contribution in [0, 0.1) is 13.8 Å². The summed E-state index contributed by atoms with van der Waals surface area (Å²) in [5.41, 5.74) is 2.96. The van der Waals surface area contributed by atoms with Gasteiger partial charge < -0.3 is 9.47 Å². The van der Waals surface area contributed by atoms with E-state index in [4.69, 9.17) is 9.47 Å². The third-order valence-electron chi connectivity index (χ3n) is 6.69. The predicted octanol–water partition coefficient (Wildman–Crippen LogP) is 6.78. The minimum atomic E-state index is -2.56. The second kappa shape index (κ2) is 9.38. The van der Waals surface area contributed by atoms with E-state index < -0.39 is 18.5 Å². The normalized spacial score (nSPS) is 15.8. The standard InChI is InChI=1S/C27H34O5P/c1-17-15-19(26(3,4)5)16-18(2)22(17)24(28)27(13-8-9-14-27)33(30)25(29)23-20(31-6)11-10-12-21(23)32-7/h10-12,15-16H,8-9,13-14H2,1-7H3. The van der Waals surface area contributed by atoms with Gasteiger partial charge in [-0.25, -0.2) is 0 Å². The molecule has 2 aromatic carbocycles. The van der Waals surface area contributed by atoms with E-state index in [0.717, 1.165) is 29.5 Å². The van der Waals surface area contributed by atoms with Gasteiger partial charge in [-0.15, -0.1) is 0 Å². The van der Waals surface area contributed by atoms with Gasteiger partial charge in [-0.2, -0.15) is 0 Å². The van der Waals surface area contributed by atoms with Crippen LogP contribution in [0.2, 0.25) is 0 Å². The molecule has 6 heteroatoms. The van der Waals surface area contributed by atoms with Gasteiger partial charge in [0.05, 0.1) is 14.2 Å². The number of Topliss-reactive ketones (excluding diaryl/α,β-unsaturated/α-hetero) is 1. The van der Waals surface area contributed by atoms with Gasteiger partial charge in [-0.05, 0) is 60.9 Å². The molecule has 0 N–H and O–H groups in total. The molecule has 0 aliphatic heterocycles. The van der Waals surface area contributed by atoms with Crippen LogP contribution in [-0.4, -0.2) is 30.7 Å². The lowest BCUT2D eigenvalue weighted by molar-refractivity contribution is 0.0929. The van der Waals surface area contributed by atoms with Crippen LogP contribution in [0.1, 0.15) is 83.9 Å². The van der Waals surface area contributed by atoms with Crippen LogP contribution in [-0.2, 0) is 9.98 Å². The quantitative estimate of drug-likeness (QED) is 0.330. The van der Waals surface area contributed by atoms with Gasteiger partial charge in [0, 0.05) is 5.56 Å². The van der Waals surface area contributed by atoms with E-state index in [0.29, 0.717) is 29.9 Å². The molecule has 1 atom stereocenters. The van der Waals surface area contributed by atoms with Crippen molar-refractivity contribution in [1.82, 2.24) is 0 Å². The molecule has 1 aliphatic carbocycles. The van der Waals surface area contributed by atoms with Crippen LogP contribution in [0.5, 0.6) is 11.5 Å². The fraction of sp³-hybridized carbons (Fsp3) is 0.481. The Morgan fingerprint density at radius 3 is 1.82 bits per heavy atom. The van der Waals surface area contributed by atoms with E-state index in [1.165, 1.54) is 14.2 Å². The zero-order chi connectivity index (χ0) is 24.6. The molecule has 5 nitrogen and oxygen atoms in total. The number of ketones is 1. The number of methoxy groups -OCH3 is 2. The summed E-state index contributed by atoms with van der Waals surface area (Å²) >= 11 is 0. The first-order chi connectivity index (χ1) is 15.5. The Balaban J connectivity index is 2.11. The van der Waals surface area contributed by atoms with Crippen molar-refractivity contribution in [1.29, 1.82) is 0 Å². The fourth-order valence-corrected chi connectivity index (χ4v) is 6.66. The fourth-order valence-electron chi connectivity index (χ4n) is 4.83. The molecule has 1 radical (unpaired) electrons. The van der Waals surface area contributed by atoms with Gasteiger partial charge in [0.15, 0.2) is 13.6 Å². The lowest BCUT2D eigenvalue weighted by Crippen LogP contribution is -2.35. The molecule has 0 bridgehead atoms. The summed E-state index contributed by atoms with van der Waals surface area (Å²) in [4.78, 5) is 27.7. The molecule has 0 heterocycles. The lowest BCUT2D eigenvalue weighted by atomic mass is 9.81. The third kappa shape index (κ3) is 4.48. The minimum Gasteiger partial charge on any atom is -0.496 e. The smallest absolute Gasteiger partial charge is 0.250 e. The molecule has 3 rings (SSSR count). The average molecular weight is 470 g/mol. The maximum absolute atomic E-state index is 14.1. The maximum atomic E-state index is 14.1. The first-order valence-corrected chi connectivity index (χ1v) is 12.6. The Labute approximate surface area is 197 Å². The molecule has 33 heavy (non-hydrogen) atoms. The zero-order valence-corrected chi connectivity index (χ0v) is 21.6. The Morgan fingerprint density at radius 1 is 0.909 bits per heavy atom. The van der Waals surface area contributed by atoms with Gasteiger partial charge in [0.2, 0.25) is 5.52 Å².